The average molecular weight is 283 g/mol. The summed E-state index contributed by atoms with van der Waals surface area (Å²) in [7, 11) is 1.79. The zero-order valence-corrected chi connectivity index (χ0v) is 11.8. The predicted molar refractivity (Wildman–Crippen MR) is 72.1 cm³/mol. The molecular weight excluding hydrogens is 262 g/mol. The molecule has 0 saturated carbocycles. The van der Waals surface area contributed by atoms with Crippen LogP contribution >= 0.6 is 0 Å². The Morgan fingerprint density at radius 1 is 1.45 bits per heavy atom. The molecule has 0 saturated heterocycles. The summed E-state index contributed by atoms with van der Waals surface area (Å²) in [6.07, 6.45) is 2.85. The SMILES string of the molecule is CC(CCC(=O)O)CNC(=O)NCCc1ncn(C)n1. The molecule has 0 aromatic carbocycles. The van der Waals surface area contributed by atoms with Gasteiger partial charge in [-0.15, -0.1) is 0 Å². The number of aryl methyl sites for hydroxylation is 1. The van der Waals surface area contributed by atoms with Gasteiger partial charge in [0.05, 0.1) is 0 Å². The van der Waals surface area contributed by atoms with Crippen molar-refractivity contribution >= 4 is 12.0 Å². The van der Waals surface area contributed by atoms with Gasteiger partial charge in [-0.05, 0) is 12.3 Å². The molecule has 0 radical (unpaired) electrons. The zero-order valence-electron chi connectivity index (χ0n) is 11.8. The molecule has 0 spiro atoms. The number of hydrogen-bond donors (Lipinski definition) is 3. The molecule has 3 N–H and O–H groups in total. The van der Waals surface area contributed by atoms with Crippen LogP contribution < -0.4 is 10.6 Å². The molecule has 112 valence electrons. The molecular formula is C12H21N5O3. The zero-order chi connectivity index (χ0) is 15.0. The predicted octanol–water partition coefficient (Wildman–Crippen LogP) is 0.158. The number of hydrogen-bond acceptors (Lipinski definition) is 4. The highest BCUT2D eigenvalue weighted by Crippen LogP contribution is 2.03. The maximum Gasteiger partial charge on any atom is 0.314 e. The fourth-order valence-corrected chi connectivity index (χ4v) is 1.59. The summed E-state index contributed by atoms with van der Waals surface area (Å²) in [6, 6.07) is -0.261. The van der Waals surface area contributed by atoms with E-state index in [1.165, 1.54) is 0 Å². The monoisotopic (exact) mass is 283 g/mol. The minimum Gasteiger partial charge on any atom is -0.481 e. The second-order valence-corrected chi connectivity index (χ2v) is 4.76. The van der Waals surface area contributed by atoms with Crippen LogP contribution in [0.3, 0.4) is 0 Å². The van der Waals surface area contributed by atoms with Crippen LogP contribution in [0.5, 0.6) is 0 Å². The van der Waals surface area contributed by atoms with Gasteiger partial charge in [-0.2, -0.15) is 5.10 Å². The fourth-order valence-electron chi connectivity index (χ4n) is 1.59. The third-order valence-electron chi connectivity index (χ3n) is 2.74. The van der Waals surface area contributed by atoms with Crippen molar-refractivity contribution in [3.05, 3.63) is 12.2 Å². The van der Waals surface area contributed by atoms with E-state index in [-0.39, 0.29) is 18.4 Å². The number of carboxylic acid groups (broad SMARTS) is 1. The van der Waals surface area contributed by atoms with E-state index >= 15 is 0 Å². The highest BCUT2D eigenvalue weighted by molar-refractivity contribution is 5.73. The lowest BCUT2D eigenvalue weighted by Crippen LogP contribution is -2.38. The first-order valence-electron chi connectivity index (χ1n) is 6.55. The van der Waals surface area contributed by atoms with Crippen molar-refractivity contribution in [2.24, 2.45) is 13.0 Å². The quantitative estimate of drug-likeness (QED) is 0.629. The first kappa shape index (κ1) is 15.9. The molecule has 1 aromatic rings. The van der Waals surface area contributed by atoms with Crippen molar-refractivity contribution in [1.29, 1.82) is 0 Å². The van der Waals surface area contributed by atoms with E-state index in [0.29, 0.717) is 31.8 Å². The Hall–Kier alpha value is -2.12. The number of nitrogens with one attached hydrogen (secondary N) is 2. The van der Waals surface area contributed by atoms with Gasteiger partial charge in [-0.3, -0.25) is 9.48 Å². The smallest absolute Gasteiger partial charge is 0.314 e. The normalized spacial score (nSPS) is 11.9. The third kappa shape index (κ3) is 6.72. The fraction of sp³-hybridized carbons (Fsp3) is 0.667. The summed E-state index contributed by atoms with van der Waals surface area (Å²) in [4.78, 5) is 26.0. The number of rotatable bonds is 8. The Bertz CT molecular complexity index is 446. The minimum absolute atomic E-state index is 0.121. The number of nitrogens with zero attached hydrogens (tertiary/aromatic N) is 3. The maximum atomic E-state index is 11.5. The van der Waals surface area contributed by atoms with E-state index in [0.717, 1.165) is 0 Å². The Morgan fingerprint density at radius 2 is 2.20 bits per heavy atom. The molecule has 0 aliphatic heterocycles. The van der Waals surface area contributed by atoms with Gasteiger partial charge in [0.2, 0.25) is 0 Å². The summed E-state index contributed by atoms with van der Waals surface area (Å²) < 4.78 is 1.61. The van der Waals surface area contributed by atoms with E-state index in [1.54, 1.807) is 18.1 Å². The average Bonchev–Trinajstić information content (AvgIpc) is 2.79. The molecule has 1 heterocycles. The number of aliphatic carboxylic acids is 1. The van der Waals surface area contributed by atoms with Crippen LogP contribution in [0.25, 0.3) is 0 Å². The van der Waals surface area contributed by atoms with Gasteiger partial charge in [0.15, 0.2) is 5.82 Å². The molecule has 1 rings (SSSR count). The van der Waals surface area contributed by atoms with E-state index in [9.17, 15) is 9.59 Å². The summed E-state index contributed by atoms with van der Waals surface area (Å²) in [5, 5.41) is 18.1. The molecule has 2 amide bonds. The van der Waals surface area contributed by atoms with Gasteiger partial charge in [0, 0.05) is 33.0 Å². The van der Waals surface area contributed by atoms with Gasteiger partial charge < -0.3 is 15.7 Å². The van der Waals surface area contributed by atoms with Crippen LogP contribution in [0.2, 0.25) is 0 Å². The summed E-state index contributed by atoms with van der Waals surface area (Å²) in [6.45, 7) is 2.82. The van der Waals surface area contributed by atoms with Crippen molar-refractivity contribution in [3.63, 3.8) is 0 Å². The molecule has 0 fully saturated rings. The number of urea groups is 1. The molecule has 1 aromatic heterocycles. The van der Waals surface area contributed by atoms with Crippen LogP contribution in [-0.2, 0) is 18.3 Å². The number of carboxylic acids is 1. The van der Waals surface area contributed by atoms with Gasteiger partial charge in [-0.1, -0.05) is 6.92 Å². The second kappa shape index (κ2) is 8.13. The number of carbonyl (C=O) groups excluding carboxylic acids is 1. The minimum atomic E-state index is -0.816. The van der Waals surface area contributed by atoms with Crippen molar-refractivity contribution in [2.75, 3.05) is 13.1 Å². The Morgan fingerprint density at radius 3 is 2.80 bits per heavy atom. The standard InChI is InChI=1S/C12H21N5O3/c1-9(3-4-11(18)19)7-14-12(20)13-6-5-10-15-8-17(2)16-10/h8-9H,3-7H2,1-2H3,(H,18,19)(H2,13,14,20). The van der Waals surface area contributed by atoms with E-state index in [4.69, 9.17) is 5.11 Å². The number of amides is 2. The lowest BCUT2D eigenvalue weighted by Gasteiger charge is -2.12. The van der Waals surface area contributed by atoms with Crippen molar-refractivity contribution in [1.82, 2.24) is 25.4 Å². The van der Waals surface area contributed by atoms with E-state index in [2.05, 4.69) is 20.7 Å². The van der Waals surface area contributed by atoms with E-state index in [1.807, 2.05) is 6.92 Å². The topological polar surface area (TPSA) is 109 Å². The first-order chi connectivity index (χ1) is 9.47. The van der Waals surface area contributed by atoms with Crippen molar-refractivity contribution < 1.29 is 14.7 Å². The van der Waals surface area contributed by atoms with Gasteiger partial charge in [0.1, 0.15) is 6.33 Å². The van der Waals surface area contributed by atoms with Crippen molar-refractivity contribution in [3.8, 4) is 0 Å². The molecule has 0 aliphatic rings. The number of aromatic nitrogens is 3. The largest absolute Gasteiger partial charge is 0.481 e. The molecule has 0 aliphatic carbocycles. The highest BCUT2D eigenvalue weighted by Gasteiger charge is 2.07. The Kier molecular flexibility index (Phi) is 6.48. The molecule has 20 heavy (non-hydrogen) atoms. The van der Waals surface area contributed by atoms with Crippen molar-refractivity contribution in [2.45, 2.75) is 26.2 Å². The third-order valence-corrected chi connectivity index (χ3v) is 2.74. The summed E-state index contributed by atoms with van der Waals surface area (Å²) >= 11 is 0. The van der Waals surface area contributed by atoms with E-state index < -0.39 is 5.97 Å². The first-order valence-corrected chi connectivity index (χ1v) is 6.55. The molecule has 1 unspecified atom stereocenters. The van der Waals surface area contributed by atoms with Gasteiger partial charge in [-0.25, -0.2) is 9.78 Å². The van der Waals surface area contributed by atoms with Crippen LogP contribution in [0.15, 0.2) is 6.33 Å². The lowest BCUT2D eigenvalue weighted by molar-refractivity contribution is -0.137. The molecule has 0 bridgehead atoms. The molecule has 8 heteroatoms. The Labute approximate surface area is 117 Å². The summed E-state index contributed by atoms with van der Waals surface area (Å²) in [5.74, 6) is 0.00101. The number of carbonyl (C=O) groups is 2. The maximum absolute atomic E-state index is 11.5. The van der Waals surface area contributed by atoms with Gasteiger partial charge >= 0.3 is 12.0 Å². The highest BCUT2D eigenvalue weighted by atomic mass is 16.4. The van der Waals surface area contributed by atoms with Gasteiger partial charge in [0.25, 0.3) is 0 Å². The van der Waals surface area contributed by atoms with Crippen LogP contribution in [0, 0.1) is 5.92 Å². The Balaban J connectivity index is 2.09. The molecule has 1 atom stereocenters. The van der Waals surface area contributed by atoms with Crippen LogP contribution in [0.1, 0.15) is 25.6 Å². The van der Waals surface area contributed by atoms with Crippen LogP contribution in [0.4, 0.5) is 4.79 Å². The molecule has 8 nitrogen and oxygen atoms in total. The van der Waals surface area contributed by atoms with Crippen LogP contribution in [-0.4, -0.2) is 45.0 Å². The lowest BCUT2D eigenvalue weighted by atomic mass is 10.1. The second-order valence-electron chi connectivity index (χ2n) is 4.76. The summed E-state index contributed by atoms with van der Waals surface area (Å²) in [5.41, 5.74) is 0.